The Morgan fingerprint density at radius 1 is 0.938 bits per heavy atom. The van der Waals surface area contributed by atoms with Crippen LogP contribution in [-0.4, -0.2) is 48.7 Å². The summed E-state index contributed by atoms with van der Waals surface area (Å²) in [5.74, 6) is 1.08. The van der Waals surface area contributed by atoms with Gasteiger partial charge in [-0.25, -0.2) is 0 Å². The summed E-state index contributed by atoms with van der Waals surface area (Å²) < 4.78 is 12.1. The third kappa shape index (κ3) is 4.78. The number of carbonyl (C=O) groups excluding carboxylic acids is 1. The highest BCUT2D eigenvalue weighted by Crippen LogP contribution is 2.35. The molecular formula is C27H34N2O3. The fourth-order valence-electron chi connectivity index (χ4n) is 5.44. The fraction of sp³-hybridized carbons (Fsp3) is 0.519. The average Bonchev–Trinajstić information content (AvgIpc) is 2.86. The van der Waals surface area contributed by atoms with Gasteiger partial charge in [-0.05, 0) is 55.5 Å². The number of benzene rings is 2. The van der Waals surface area contributed by atoms with Crippen molar-refractivity contribution in [1.29, 1.82) is 0 Å². The van der Waals surface area contributed by atoms with Gasteiger partial charge in [0, 0.05) is 24.8 Å². The summed E-state index contributed by atoms with van der Waals surface area (Å²) in [6.45, 7) is 3.52. The molecule has 3 aliphatic rings. The Labute approximate surface area is 191 Å². The van der Waals surface area contributed by atoms with E-state index in [1.54, 1.807) is 0 Å². The highest BCUT2D eigenvalue weighted by molar-refractivity contribution is 5.78. The largest absolute Gasteiger partial charge is 0.489 e. The minimum atomic E-state index is -0.166. The predicted molar refractivity (Wildman–Crippen MR) is 126 cm³/mol. The van der Waals surface area contributed by atoms with E-state index >= 15 is 0 Å². The summed E-state index contributed by atoms with van der Waals surface area (Å²) in [5.41, 5.74) is 2.23. The van der Waals surface area contributed by atoms with Gasteiger partial charge in [0.1, 0.15) is 19.0 Å². The molecule has 5 heteroatoms. The van der Waals surface area contributed by atoms with Crippen LogP contribution in [0.25, 0.3) is 0 Å². The number of anilines is 1. The lowest BCUT2D eigenvalue weighted by atomic mass is 9.86. The number of carbonyl (C=O) groups is 1. The summed E-state index contributed by atoms with van der Waals surface area (Å²) in [5, 5.41) is 0. The fourth-order valence-corrected chi connectivity index (χ4v) is 5.44. The lowest BCUT2D eigenvalue weighted by molar-refractivity contribution is -0.172. The van der Waals surface area contributed by atoms with Gasteiger partial charge >= 0.3 is 0 Å². The molecule has 1 spiro atoms. The first kappa shape index (κ1) is 21.3. The van der Waals surface area contributed by atoms with Crippen LogP contribution >= 0.6 is 0 Å². The molecule has 3 fully saturated rings. The Bertz CT molecular complexity index is 885. The Morgan fingerprint density at radius 2 is 1.66 bits per heavy atom. The van der Waals surface area contributed by atoms with E-state index in [0.717, 1.165) is 51.1 Å². The zero-order valence-corrected chi connectivity index (χ0v) is 18.9. The van der Waals surface area contributed by atoms with Crippen molar-refractivity contribution in [2.24, 2.45) is 0 Å². The van der Waals surface area contributed by atoms with Crippen LogP contribution in [0, 0.1) is 0 Å². The number of amides is 1. The molecule has 2 aliphatic heterocycles. The van der Waals surface area contributed by atoms with Gasteiger partial charge in [-0.2, -0.15) is 0 Å². The van der Waals surface area contributed by atoms with Gasteiger partial charge in [-0.1, -0.05) is 49.6 Å². The molecule has 170 valence electrons. The molecule has 0 unspecified atom stereocenters. The SMILES string of the molecule is O=C1COC2(CCN(c3ccc(OCc4ccccc4)cc3)CC2)CN1C1CCCCC1. The van der Waals surface area contributed by atoms with Gasteiger partial charge in [0.05, 0.1) is 12.1 Å². The van der Waals surface area contributed by atoms with Gasteiger partial charge in [0.2, 0.25) is 5.91 Å². The molecular weight excluding hydrogens is 400 g/mol. The maximum atomic E-state index is 12.6. The van der Waals surface area contributed by atoms with Crippen LogP contribution in [-0.2, 0) is 16.1 Å². The van der Waals surface area contributed by atoms with Gasteiger partial charge in [0.15, 0.2) is 0 Å². The van der Waals surface area contributed by atoms with Gasteiger partial charge in [0.25, 0.3) is 0 Å². The van der Waals surface area contributed by atoms with Crippen molar-refractivity contribution in [1.82, 2.24) is 4.90 Å². The van der Waals surface area contributed by atoms with Crippen molar-refractivity contribution in [3.8, 4) is 5.75 Å². The van der Waals surface area contributed by atoms with Crippen LogP contribution < -0.4 is 9.64 Å². The first-order chi connectivity index (χ1) is 15.7. The number of nitrogens with zero attached hydrogens (tertiary/aromatic N) is 2. The molecule has 0 bridgehead atoms. The molecule has 2 heterocycles. The van der Waals surface area contributed by atoms with Crippen molar-refractivity contribution >= 4 is 11.6 Å². The average molecular weight is 435 g/mol. The number of piperidine rings is 1. The summed E-state index contributed by atoms with van der Waals surface area (Å²) >= 11 is 0. The molecule has 1 aliphatic carbocycles. The molecule has 1 saturated carbocycles. The zero-order valence-electron chi connectivity index (χ0n) is 18.9. The lowest BCUT2D eigenvalue weighted by Gasteiger charge is -2.49. The van der Waals surface area contributed by atoms with Crippen LogP contribution in [0.2, 0.25) is 0 Å². The van der Waals surface area contributed by atoms with Crippen molar-refractivity contribution < 1.29 is 14.3 Å². The van der Waals surface area contributed by atoms with E-state index < -0.39 is 0 Å². The molecule has 2 aromatic rings. The number of hydrogen-bond acceptors (Lipinski definition) is 4. The number of hydrogen-bond donors (Lipinski definition) is 0. The second-order valence-corrected chi connectivity index (χ2v) is 9.54. The van der Waals surface area contributed by atoms with Gasteiger partial charge in [-0.15, -0.1) is 0 Å². The van der Waals surface area contributed by atoms with E-state index in [0.29, 0.717) is 12.6 Å². The standard InChI is InChI=1S/C27H34N2O3/c30-26-20-32-27(21-29(26)24-9-5-2-6-10-24)15-17-28(18-16-27)23-11-13-25(14-12-23)31-19-22-7-3-1-4-8-22/h1,3-4,7-8,11-14,24H,2,5-6,9-10,15-21H2. The monoisotopic (exact) mass is 434 g/mol. The minimum Gasteiger partial charge on any atom is -0.489 e. The molecule has 1 amide bonds. The third-order valence-electron chi connectivity index (χ3n) is 7.42. The molecule has 0 atom stereocenters. The molecule has 2 aromatic carbocycles. The van der Waals surface area contributed by atoms with Crippen molar-refractivity contribution in [3.63, 3.8) is 0 Å². The van der Waals surface area contributed by atoms with Crippen molar-refractivity contribution in [2.45, 2.75) is 63.2 Å². The van der Waals surface area contributed by atoms with Crippen LogP contribution in [0.15, 0.2) is 54.6 Å². The van der Waals surface area contributed by atoms with E-state index in [1.165, 1.54) is 30.5 Å². The normalized spacial score (nSPS) is 21.7. The Morgan fingerprint density at radius 3 is 2.38 bits per heavy atom. The second kappa shape index (κ2) is 9.53. The highest BCUT2D eigenvalue weighted by atomic mass is 16.5. The van der Waals surface area contributed by atoms with Crippen LogP contribution in [0.3, 0.4) is 0 Å². The van der Waals surface area contributed by atoms with Crippen LogP contribution in [0.1, 0.15) is 50.5 Å². The Hall–Kier alpha value is -2.53. The van der Waals surface area contributed by atoms with Crippen molar-refractivity contribution in [2.75, 3.05) is 31.1 Å². The molecule has 5 nitrogen and oxygen atoms in total. The van der Waals surface area contributed by atoms with E-state index in [-0.39, 0.29) is 18.1 Å². The van der Waals surface area contributed by atoms with E-state index in [2.05, 4.69) is 46.2 Å². The third-order valence-corrected chi connectivity index (χ3v) is 7.42. The smallest absolute Gasteiger partial charge is 0.248 e. The summed E-state index contributed by atoms with van der Waals surface area (Å²) in [6.07, 6.45) is 8.07. The summed E-state index contributed by atoms with van der Waals surface area (Å²) in [4.78, 5) is 17.2. The molecule has 0 N–H and O–H groups in total. The highest BCUT2D eigenvalue weighted by Gasteiger charge is 2.44. The Kier molecular flexibility index (Phi) is 6.35. The molecule has 0 radical (unpaired) electrons. The quantitative estimate of drug-likeness (QED) is 0.678. The lowest BCUT2D eigenvalue weighted by Crippen LogP contribution is -2.61. The van der Waals surface area contributed by atoms with Gasteiger partial charge in [-0.3, -0.25) is 4.79 Å². The first-order valence-corrected chi connectivity index (χ1v) is 12.2. The van der Waals surface area contributed by atoms with E-state index in [1.807, 2.05) is 18.2 Å². The molecule has 5 rings (SSSR count). The molecule has 0 aromatic heterocycles. The zero-order chi connectivity index (χ0) is 21.8. The molecule has 32 heavy (non-hydrogen) atoms. The van der Waals surface area contributed by atoms with Gasteiger partial charge < -0.3 is 19.3 Å². The second-order valence-electron chi connectivity index (χ2n) is 9.54. The minimum absolute atomic E-state index is 0.166. The molecule has 2 saturated heterocycles. The first-order valence-electron chi connectivity index (χ1n) is 12.2. The van der Waals surface area contributed by atoms with Crippen LogP contribution in [0.5, 0.6) is 5.75 Å². The number of rotatable bonds is 5. The predicted octanol–water partition coefficient (Wildman–Crippen LogP) is 4.80. The summed E-state index contributed by atoms with van der Waals surface area (Å²) in [7, 11) is 0. The maximum absolute atomic E-state index is 12.6. The number of ether oxygens (including phenoxy) is 2. The van der Waals surface area contributed by atoms with E-state index in [4.69, 9.17) is 9.47 Å². The summed E-state index contributed by atoms with van der Waals surface area (Å²) in [6, 6.07) is 19.1. The maximum Gasteiger partial charge on any atom is 0.248 e. The van der Waals surface area contributed by atoms with Crippen molar-refractivity contribution in [3.05, 3.63) is 60.2 Å². The topological polar surface area (TPSA) is 42.0 Å². The number of morpholine rings is 1. The van der Waals surface area contributed by atoms with E-state index in [9.17, 15) is 4.79 Å². The van der Waals surface area contributed by atoms with Crippen LogP contribution in [0.4, 0.5) is 5.69 Å². The Balaban J connectivity index is 1.16.